The van der Waals surface area contributed by atoms with E-state index in [1.54, 1.807) is 66.7 Å². The van der Waals surface area contributed by atoms with Crippen LogP contribution in [0.3, 0.4) is 0 Å². The van der Waals surface area contributed by atoms with Crippen molar-refractivity contribution in [3.63, 3.8) is 0 Å². The van der Waals surface area contributed by atoms with Gasteiger partial charge in [0.1, 0.15) is 6.61 Å². The number of hydrogen-bond donors (Lipinski definition) is 2. The van der Waals surface area contributed by atoms with Crippen molar-refractivity contribution in [2.75, 3.05) is 36.1 Å². The highest BCUT2D eigenvalue weighted by molar-refractivity contribution is 7.92. The molecule has 0 fully saturated rings. The van der Waals surface area contributed by atoms with E-state index in [1.165, 1.54) is 24.3 Å². The molecule has 0 radical (unpaired) electrons. The first-order valence-electron chi connectivity index (χ1n) is 13.3. The number of rotatable bonds is 12. The number of carboxylic acid groups (broad SMARTS) is 1. The number of azo groups is 1. The summed E-state index contributed by atoms with van der Waals surface area (Å²) in [4.78, 5) is 25.8. The number of carbonyl (C=O) groups is 2. The number of likely N-dealkylation sites (N-methyl/N-ethyl adjacent to an activating group) is 1. The number of esters is 1. The van der Waals surface area contributed by atoms with E-state index >= 15 is 0 Å². The van der Waals surface area contributed by atoms with Gasteiger partial charge in [0.15, 0.2) is 0 Å². The fourth-order valence-electron chi connectivity index (χ4n) is 4.11. The van der Waals surface area contributed by atoms with Crippen molar-refractivity contribution in [2.24, 2.45) is 10.2 Å². The third kappa shape index (κ3) is 9.25. The zero-order valence-corrected chi connectivity index (χ0v) is 25.4. The summed E-state index contributed by atoms with van der Waals surface area (Å²) in [6, 6.07) is 25.5. The maximum Gasteiger partial charge on any atom is 0.336 e. The molecule has 0 amide bonds. The fraction of sp³-hybridized carbons (Fsp3) is 0.125. The number of nitrogens with one attached hydrogen (secondary N) is 1. The molecule has 4 aromatic carbocycles. The van der Waals surface area contributed by atoms with Crippen molar-refractivity contribution < 1.29 is 27.9 Å². The van der Waals surface area contributed by atoms with Crippen LogP contribution in [0.4, 0.5) is 22.7 Å². The van der Waals surface area contributed by atoms with Crippen molar-refractivity contribution in [1.29, 1.82) is 0 Å². The summed E-state index contributed by atoms with van der Waals surface area (Å²) in [7, 11) is -1.75. The average Bonchev–Trinajstić information content (AvgIpc) is 2.99. The van der Waals surface area contributed by atoms with Gasteiger partial charge in [-0.05, 0) is 77.9 Å². The third-order valence-corrected chi connectivity index (χ3v) is 7.11. The Labute approximate surface area is 260 Å². The minimum Gasteiger partial charge on any atom is -0.478 e. The van der Waals surface area contributed by atoms with E-state index in [-0.39, 0.29) is 23.4 Å². The van der Waals surface area contributed by atoms with Crippen molar-refractivity contribution in [3.05, 3.63) is 113 Å². The summed E-state index contributed by atoms with van der Waals surface area (Å²) in [6.07, 6.45) is 4.04. The van der Waals surface area contributed by atoms with Crippen LogP contribution in [-0.4, -0.2) is 51.9 Å². The molecule has 12 heteroatoms. The van der Waals surface area contributed by atoms with Gasteiger partial charge < -0.3 is 14.7 Å². The van der Waals surface area contributed by atoms with Gasteiger partial charge in [-0.15, -0.1) is 0 Å². The minimum absolute atomic E-state index is 0.0396. The first-order valence-corrected chi connectivity index (χ1v) is 15.5. The van der Waals surface area contributed by atoms with Crippen LogP contribution in [0.5, 0.6) is 0 Å². The Kier molecular flexibility index (Phi) is 10.5. The standard InChI is InChI=1S/C32H29ClN4O6S/c1-37(20-21-43-30(38)19-8-22-6-11-24(33)12-7-22)27-17-15-26(16-18-27)35-34-25-13-9-23(10-14-25)31-28(32(39)40)4-3-5-29(31)36-44(2,41)42/h3-19,36H,20-21H2,1-2H3,(H,39,40)/b19-8+,35-34+. The van der Waals surface area contributed by atoms with Crippen LogP contribution in [0.2, 0.25) is 5.02 Å². The molecule has 0 aliphatic heterocycles. The lowest BCUT2D eigenvalue weighted by Crippen LogP contribution is -2.23. The molecule has 0 atom stereocenters. The normalized spacial score (nSPS) is 11.5. The number of benzene rings is 4. The molecule has 0 unspecified atom stereocenters. The van der Waals surface area contributed by atoms with E-state index in [4.69, 9.17) is 16.3 Å². The van der Waals surface area contributed by atoms with E-state index in [0.717, 1.165) is 17.5 Å². The predicted octanol–water partition coefficient (Wildman–Crippen LogP) is 7.18. The van der Waals surface area contributed by atoms with Crippen LogP contribution in [0.25, 0.3) is 17.2 Å². The van der Waals surface area contributed by atoms with Gasteiger partial charge in [0.05, 0.1) is 35.4 Å². The van der Waals surface area contributed by atoms with E-state index < -0.39 is 22.0 Å². The molecule has 4 rings (SSSR count). The number of nitrogens with zero attached hydrogens (tertiary/aromatic N) is 3. The van der Waals surface area contributed by atoms with Crippen LogP contribution in [0.1, 0.15) is 15.9 Å². The van der Waals surface area contributed by atoms with Crippen LogP contribution in [0, 0.1) is 0 Å². The monoisotopic (exact) mass is 632 g/mol. The number of hydrogen-bond acceptors (Lipinski definition) is 8. The van der Waals surface area contributed by atoms with Crippen LogP contribution < -0.4 is 9.62 Å². The van der Waals surface area contributed by atoms with E-state index in [9.17, 15) is 23.1 Å². The SMILES string of the molecule is CN(CCOC(=O)/C=C/c1ccc(Cl)cc1)c1ccc(/N=N/c2ccc(-c3c(NS(C)(=O)=O)cccc3C(=O)O)cc2)cc1. The Bertz CT molecular complexity index is 1790. The van der Waals surface area contributed by atoms with Gasteiger partial charge in [-0.3, -0.25) is 4.72 Å². The molecule has 10 nitrogen and oxygen atoms in total. The van der Waals surface area contributed by atoms with E-state index in [1.807, 2.05) is 24.1 Å². The quantitative estimate of drug-likeness (QED) is 0.0958. The lowest BCUT2D eigenvalue weighted by atomic mass is 9.97. The van der Waals surface area contributed by atoms with Crippen molar-refractivity contribution in [3.8, 4) is 11.1 Å². The molecule has 0 aromatic heterocycles. The number of sulfonamides is 1. The highest BCUT2D eigenvalue weighted by Gasteiger charge is 2.18. The van der Waals surface area contributed by atoms with Crippen molar-refractivity contribution in [1.82, 2.24) is 0 Å². The van der Waals surface area contributed by atoms with E-state index in [2.05, 4.69) is 15.0 Å². The first-order chi connectivity index (χ1) is 21.0. The van der Waals surface area contributed by atoms with E-state index in [0.29, 0.717) is 28.5 Å². The summed E-state index contributed by atoms with van der Waals surface area (Å²) < 4.78 is 31.3. The molecule has 44 heavy (non-hydrogen) atoms. The number of aromatic carboxylic acids is 1. The minimum atomic E-state index is -3.63. The van der Waals surface area contributed by atoms with Crippen LogP contribution in [0.15, 0.2) is 107 Å². The second-order valence-electron chi connectivity index (χ2n) is 9.64. The van der Waals surface area contributed by atoms with Gasteiger partial charge in [-0.1, -0.05) is 41.9 Å². The molecule has 0 saturated carbocycles. The van der Waals surface area contributed by atoms with Crippen LogP contribution >= 0.6 is 11.6 Å². The Hall–Kier alpha value is -5.00. The Morgan fingerprint density at radius 2 is 1.55 bits per heavy atom. The molecule has 2 N–H and O–H groups in total. The highest BCUT2D eigenvalue weighted by Crippen LogP contribution is 2.34. The zero-order valence-electron chi connectivity index (χ0n) is 23.8. The summed E-state index contributed by atoms with van der Waals surface area (Å²) in [5.74, 6) is -1.62. The fourth-order valence-corrected chi connectivity index (χ4v) is 4.80. The maximum absolute atomic E-state index is 12.0. The molecule has 226 valence electrons. The second-order valence-corrected chi connectivity index (χ2v) is 11.8. The molecule has 4 aromatic rings. The zero-order chi connectivity index (χ0) is 31.7. The summed E-state index contributed by atoms with van der Waals surface area (Å²) in [5, 5.41) is 18.8. The number of anilines is 2. The summed E-state index contributed by atoms with van der Waals surface area (Å²) in [6.45, 7) is 0.695. The van der Waals surface area contributed by atoms with Gasteiger partial charge in [0.25, 0.3) is 0 Å². The highest BCUT2D eigenvalue weighted by atomic mass is 35.5. The van der Waals surface area contributed by atoms with Gasteiger partial charge in [-0.25, -0.2) is 18.0 Å². The Morgan fingerprint density at radius 1 is 0.932 bits per heavy atom. The summed E-state index contributed by atoms with van der Waals surface area (Å²) in [5.41, 5.74) is 3.75. The number of carbonyl (C=O) groups excluding carboxylic acids is 1. The molecule has 0 aliphatic carbocycles. The number of ether oxygens (including phenoxy) is 1. The maximum atomic E-state index is 12.0. The average molecular weight is 633 g/mol. The van der Waals surface area contributed by atoms with Crippen LogP contribution in [-0.2, 0) is 19.6 Å². The van der Waals surface area contributed by atoms with Gasteiger partial charge in [0, 0.05) is 29.4 Å². The third-order valence-electron chi connectivity index (χ3n) is 6.27. The largest absolute Gasteiger partial charge is 0.478 e. The van der Waals surface area contributed by atoms with Crippen molar-refractivity contribution in [2.45, 2.75) is 0 Å². The number of carboxylic acids is 1. The predicted molar refractivity (Wildman–Crippen MR) is 173 cm³/mol. The smallest absolute Gasteiger partial charge is 0.336 e. The van der Waals surface area contributed by atoms with Gasteiger partial charge in [-0.2, -0.15) is 10.2 Å². The molecular formula is C32H29ClN4O6S. The van der Waals surface area contributed by atoms with Crippen molar-refractivity contribution >= 4 is 62.4 Å². The topological polar surface area (TPSA) is 138 Å². The molecule has 0 saturated heterocycles. The molecule has 0 spiro atoms. The second kappa shape index (κ2) is 14.5. The molecule has 0 aliphatic rings. The Morgan fingerprint density at radius 3 is 2.14 bits per heavy atom. The first kappa shape index (κ1) is 31.9. The molecule has 0 heterocycles. The van der Waals surface area contributed by atoms with Gasteiger partial charge in [0.2, 0.25) is 10.0 Å². The van der Waals surface area contributed by atoms with Gasteiger partial charge >= 0.3 is 11.9 Å². The molecular weight excluding hydrogens is 604 g/mol. The lowest BCUT2D eigenvalue weighted by Gasteiger charge is -2.18. The number of halogens is 1. The summed E-state index contributed by atoms with van der Waals surface area (Å²) >= 11 is 5.87. The lowest BCUT2D eigenvalue weighted by molar-refractivity contribution is -0.137. The Balaban J connectivity index is 1.34. The molecule has 0 bridgehead atoms.